The van der Waals surface area contributed by atoms with E-state index in [-0.39, 0.29) is 24.4 Å². The summed E-state index contributed by atoms with van der Waals surface area (Å²) in [6.45, 7) is 1.63. The number of carbonyl (C=O) groups excluding carboxylic acids is 2. The van der Waals surface area contributed by atoms with Gasteiger partial charge in [0.15, 0.2) is 17.1 Å². The van der Waals surface area contributed by atoms with Crippen molar-refractivity contribution in [2.45, 2.75) is 12.1 Å². The van der Waals surface area contributed by atoms with Gasteiger partial charge in [0.1, 0.15) is 0 Å². The number of hydrogen-bond donors (Lipinski definition) is 2. The molecule has 1 aliphatic rings. The van der Waals surface area contributed by atoms with Crippen molar-refractivity contribution in [2.24, 2.45) is 0 Å². The van der Waals surface area contributed by atoms with Gasteiger partial charge in [-0.1, -0.05) is 17.8 Å². The molecule has 166 valence electrons. The van der Waals surface area contributed by atoms with E-state index in [4.69, 9.17) is 9.47 Å². The lowest BCUT2D eigenvalue weighted by Gasteiger charge is -2.07. The number of fused-ring (bicyclic) bond motifs is 2. The molecule has 5 rings (SSSR count). The number of thioether (sulfide) groups is 1. The number of carbonyl (C=O) groups is 2. The first-order valence-corrected chi connectivity index (χ1v) is 11.0. The molecule has 2 amide bonds. The fraction of sp³-hybridized carbons (Fsp3) is 0.136. The number of aromatic nitrogens is 4. The predicted molar refractivity (Wildman–Crippen MR) is 122 cm³/mol. The molecule has 0 unspecified atom stereocenters. The molecule has 0 bridgehead atoms. The van der Waals surface area contributed by atoms with Gasteiger partial charge >= 0.3 is 0 Å². The molecule has 2 aromatic heterocycles. The van der Waals surface area contributed by atoms with Crippen LogP contribution in [-0.4, -0.2) is 44.2 Å². The molecule has 0 fully saturated rings. The van der Waals surface area contributed by atoms with E-state index in [9.17, 15) is 9.59 Å². The van der Waals surface area contributed by atoms with E-state index in [1.54, 1.807) is 28.8 Å². The second-order valence-electron chi connectivity index (χ2n) is 7.14. The third-order valence-electron chi connectivity index (χ3n) is 4.70. The monoisotopic (exact) mass is 462 g/mol. The van der Waals surface area contributed by atoms with Crippen LogP contribution in [0.15, 0.2) is 59.8 Å². The van der Waals surface area contributed by atoms with E-state index < -0.39 is 0 Å². The third kappa shape index (κ3) is 4.58. The van der Waals surface area contributed by atoms with E-state index in [0.717, 1.165) is 5.56 Å². The maximum absolute atomic E-state index is 12.5. The van der Waals surface area contributed by atoms with Crippen LogP contribution in [-0.2, 0) is 9.59 Å². The summed E-state index contributed by atoms with van der Waals surface area (Å²) in [4.78, 5) is 23.7. The van der Waals surface area contributed by atoms with E-state index in [1.807, 2.05) is 30.3 Å². The molecule has 2 N–H and O–H groups in total. The zero-order valence-corrected chi connectivity index (χ0v) is 18.3. The molecule has 2 aromatic carbocycles. The van der Waals surface area contributed by atoms with E-state index in [2.05, 4.69) is 25.9 Å². The molecular weight excluding hydrogens is 444 g/mol. The smallest absolute Gasteiger partial charge is 0.234 e. The lowest BCUT2D eigenvalue weighted by atomic mass is 10.1. The van der Waals surface area contributed by atoms with Crippen molar-refractivity contribution in [2.75, 3.05) is 23.2 Å². The van der Waals surface area contributed by atoms with Gasteiger partial charge in [0.05, 0.1) is 11.4 Å². The summed E-state index contributed by atoms with van der Waals surface area (Å²) in [6.07, 6.45) is 0. The molecule has 1 aliphatic heterocycles. The van der Waals surface area contributed by atoms with E-state index in [1.165, 1.54) is 18.7 Å². The van der Waals surface area contributed by atoms with Gasteiger partial charge in [-0.25, -0.2) is 0 Å². The van der Waals surface area contributed by atoms with Crippen molar-refractivity contribution < 1.29 is 19.1 Å². The molecule has 0 atom stereocenters. The number of hydrogen-bond acceptors (Lipinski definition) is 8. The molecule has 4 aromatic rings. The van der Waals surface area contributed by atoms with Crippen molar-refractivity contribution in [3.8, 4) is 22.8 Å². The number of amides is 2. The highest BCUT2D eigenvalue weighted by Gasteiger charge is 2.16. The molecule has 33 heavy (non-hydrogen) atoms. The molecule has 0 radical (unpaired) electrons. The Hall–Kier alpha value is -4.12. The average molecular weight is 462 g/mol. The Bertz CT molecular complexity index is 1370. The summed E-state index contributed by atoms with van der Waals surface area (Å²) < 4.78 is 12.4. The topological polar surface area (TPSA) is 120 Å². The maximum Gasteiger partial charge on any atom is 0.234 e. The van der Waals surface area contributed by atoms with Crippen molar-refractivity contribution in [3.05, 3.63) is 54.6 Å². The van der Waals surface area contributed by atoms with Gasteiger partial charge in [-0.05, 0) is 48.5 Å². The SMILES string of the molecule is CC(=O)Nc1cccc(NC(=O)CSc2nnc3ccc(-c4ccc5c(c4)OCO5)nn23)c1. The lowest BCUT2D eigenvalue weighted by Crippen LogP contribution is -2.15. The quantitative estimate of drug-likeness (QED) is 0.419. The second-order valence-corrected chi connectivity index (χ2v) is 8.08. The fourth-order valence-corrected chi connectivity index (χ4v) is 3.96. The highest BCUT2D eigenvalue weighted by molar-refractivity contribution is 7.99. The van der Waals surface area contributed by atoms with Crippen molar-refractivity contribution in [1.82, 2.24) is 19.8 Å². The third-order valence-corrected chi connectivity index (χ3v) is 5.62. The van der Waals surface area contributed by atoms with Crippen molar-refractivity contribution in [1.29, 1.82) is 0 Å². The summed E-state index contributed by atoms with van der Waals surface area (Å²) in [7, 11) is 0. The normalized spacial score (nSPS) is 12.0. The first-order chi connectivity index (χ1) is 16.0. The van der Waals surface area contributed by atoms with Crippen LogP contribution in [0.3, 0.4) is 0 Å². The van der Waals surface area contributed by atoms with Crippen molar-refractivity contribution in [3.63, 3.8) is 0 Å². The Morgan fingerprint density at radius 3 is 2.67 bits per heavy atom. The maximum atomic E-state index is 12.5. The Morgan fingerprint density at radius 2 is 1.82 bits per heavy atom. The van der Waals surface area contributed by atoms with Crippen LogP contribution in [0, 0.1) is 0 Å². The van der Waals surface area contributed by atoms with Gasteiger partial charge in [-0.2, -0.15) is 9.61 Å². The largest absolute Gasteiger partial charge is 0.454 e. The predicted octanol–water partition coefficient (Wildman–Crippen LogP) is 3.21. The minimum atomic E-state index is -0.219. The molecule has 3 heterocycles. The standard InChI is InChI=1S/C22H18N6O4S/c1-13(29)23-15-3-2-4-16(10-15)24-21(30)11-33-22-26-25-20-8-6-17(27-28(20)22)14-5-7-18-19(9-14)32-12-31-18/h2-10H,11-12H2,1H3,(H,23,29)(H,24,30). The highest BCUT2D eigenvalue weighted by Crippen LogP contribution is 2.35. The Morgan fingerprint density at radius 1 is 1.00 bits per heavy atom. The van der Waals surface area contributed by atoms with Gasteiger partial charge in [-0.15, -0.1) is 10.2 Å². The van der Waals surface area contributed by atoms with Crippen molar-refractivity contribution >= 4 is 40.6 Å². The highest BCUT2D eigenvalue weighted by atomic mass is 32.2. The fourth-order valence-electron chi connectivity index (χ4n) is 3.27. The molecule has 0 saturated carbocycles. The van der Waals surface area contributed by atoms with Crippen LogP contribution >= 0.6 is 11.8 Å². The minimum absolute atomic E-state index is 0.112. The number of ether oxygens (including phenoxy) is 2. The van der Waals surface area contributed by atoms with Gasteiger partial charge in [0.25, 0.3) is 0 Å². The van der Waals surface area contributed by atoms with Crippen LogP contribution in [0.1, 0.15) is 6.92 Å². The molecule has 0 saturated heterocycles. The Balaban J connectivity index is 1.29. The molecule has 0 aliphatic carbocycles. The Kier molecular flexibility index (Phi) is 5.53. The number of rotatable bonds is 6. The number of benzene rings is 2. The Labute approximate surface area is 192 Å². The number of nitrogens with zero attached hydrogens (tertiary/aromatic N) is 4. The number of anilines is 2. The zero-order valence-electron chi connectivity index (χ0n) is 17.4. The lowest BCUT2D eigenvalue weighted by molar-refractivity contribution is -0.114. The summed E-state index contributed by atoms with van der Waals surface area (Å²) in [5.41, 5.74) is 3.34. The van der Waals surface area contributed by atoms with Gasteiger partial charge in [0.2, 0.25) is 23.8 Å². The van der Waals surface area contributed by atoms with Crippen LogP contribution in [0.4, 0.5) is 11.4 Å². The summed E-state index contributed by atoms with van der Waals surface area (Å²) in [5, 5.41) is 18.9. The van der Waals surface area contributed by atoms with E-state index >= 15 is 0 Å². The van der Waals surface area contributed by atoms with Crippen LogP contribution in [0.25, 0.3) is 16.9 Å². The summed E-state index contributed by atoms with van der Waals surface area (Å²) in [6, 6.07) is 16.2. The number of nitrogens with one attached hydrogen (secondary N) is 2. The molecule has 10 nitrogen and oxygen atoms in total. The average Bonchev–Trinajstić information content (AvgIpc) is 3.43. The van der Waals surface area contributed by atoms with Gasteiger partial charge < -0.3 is 20.1 Å². The van der Waals surface area contributed by atoms with Gasteiger partial charge in [0, 0.05) is 23.9 Å². The summed E-state index contributed by atoms with van der Waals surface area (Å²) in [5.74, 6) is 1.09. The molecule has 11 heteroatoms. The zero-order chi connectivity index (χ0) is 22.8. The van der Waals surface area contributed by atoms with Crippen LogP contribution in [0.2, 0.25) is 0 Å². The summed E-state index contributed by atoms with van der Waals surface area (Å²) >= 11 is 1.22. The minimum Gasteiger partial charge on any atom is -0.454 e. The first kappa shape index (κ1) is 20.8. The molecular formula is C22H18N6O4S. The van der Waals surface area contributed by atoms with Crippen LogP contribution in [0.5, 0.6) is 11.5 Å². The van der Waals surface area contributed by atoms with Gasteiger partial charge in [-0.3, -0.25) is 9.59 Å². The molecule has 0 spiro atoms. The first-order valence-electron chi connectivity index (χ1n) is 9.98. The second kappa shape index (κ2) is 8.79. The van der Waals surface area contributed by atoms with E-state index in [0.29, 0.717) is 39.4 Å². The van der Waals surface area contributed by atoms with Crippen LogP contribution < -0.4 is 20.1 Å².